The fraction of sp³-hybridized carbons (Fsp3) is 0.333. The van der Waals surface area contributed by atoms with E-state index in [2.05, 4.69) is 25.7 Å². The number of aromatic nitrogens is 6. The summed E-state index contributed by atoms with van der Waals surface area (Å²) in [5.74, 6) is -0.942. The maximum atomic E-state index is 11.6. The van der Waals surface area contributed by atoms with Gasteiger partial charge in [0.15, 0.2) is 0 Å². The number of aryl methyl sites for hydroxylation is 1. The molecule has 2 rings (SSSR count). The molecule has 0 aromatic carbocycles. The Morgan fingerprint density at radius 3 is 2.93 bits per heavy atom. The van der Waals surface area contributed by atoms with Crippen molar-refractivity contribution in [2.45, 2.75) is 12.8 Å². The van der Waals surface area contributed by atoms with Gasteiger partial charge < -0.3 is 5.11 Å². The van der Waals surface area contributed by atoms with Crippen LogP contribution in [-0.2, 0) is 11.2 Å². The van der Waals surface area contributed by atoms with Crippen molar-refractivity contribution in [3.8, 4) is 0 Å². The fourth-order valence-corrected chi connectivity index (χ4v) is 1.06. The van der Waals surface area contributed by atoms with Gasteiger partial charge in [-0.05, 0) is 5.21 Å². The van der Waals surface area contributed by atoms with Crippen molar-refractivity contribution in [1.82, 2.24) is 30.2 Å². The van der Waals surface area contributed by atoms with Crippen LogP contribution < -0.4 is 5.56 Å². The van der Waals surface area contributed by atoms with E-state index in [4.69, 9.17) is 5.11 Å². The zero-order valence-electron chi connectivity index (χ0n) is 7.41. The molecule has 78 valence electrons. The summed E-state index contributed by atoms with van der Waals surface area (Å²) >= 11 is 0. The number of tetrazole rings is 1. The molecular weight excluding hydrogens is 204 g/mol. The van der Waals surface area contributed by atoms with Gasteiger partial charge in [0.05, 0.1) is 6.42 Å². The summed E-state index contributed by atoms with van der Waals surface area (Å²) in [5.41, 5.74) is -0.410. The largest absolute Gasteiger partial charge is 0.481 e. The SMILES string of the molecule is O=C(O)CCc1nnc2nn[nH]n2c1=O. The number of aromatic amines is 1. The Bertz CT molecular complexity index is 557. The highest BCUT2D eigenvalue weighted by Gasteiger charge is 2.10. The maximum Gasteiger partial charge on any atom is 0.303 e. The first-order valence-corrected chi connectivity index (χ1v) is 4.05. The van der Waals surface area contributed by atoms with Crippen LogP contribution in [-0.4, -0.2) is 41.3 Å². The minimum Gasteiger partial charge on any atom is -0.481 e. The normalized spacial score (nSPS) is 10.7. The zero-order chi connectivity index (χ0) is 10.8. The Morgan fingerprint density at radius 1 is 1.40 bits per heavy atom. The maximum absolute atomic E-state index is 11.6. The number of nitrogens with one attached hydrogen (secondary N) is 1. The number of carboxylic acids is 1. The van der Waals surface area contributed by atoms with E-state index >= 15 is 0 Å². The van der Waals surface area contributed by atoms with Crippen molar-refractivity contribution in [3.63, 3.8) is 0 Å². The Hall–Kier alpha value is -2.32. The molecule has 2 N–H and O–H groups in total. The second kappa shape index (κ2) is 3.44. The standard InChI is InChI=1S/C6H6N6O3/c13-4(14)2-1-3-5(15)12-6(8-7-3)9-10-11-12/h1-2H2,(H,13,14)(H,8,9,11). The fourth-order valence-electron chi connectivity index (χ4n) is 1.06. The number of hydrogen-bond donors (Lipinski definition) is 2. The number of nitrogens with zero attached hydrogens (tertiary/aromatic N) is 5. The lowest BCUT2D eigenvalue weighted by atomic mass is 10.2. The number of H-pyrrole nitrogens is 1. The van der Waals surface area contributed by atoms with Crippen molar-refractivity contribution in [2.24, 2.45) is 0 Å². The van der Waals surface area contributed by atoms with Crippen LogP contribution in [0.4, 0.5) is 0 Å². The summed E-state index contributed by atoms with van der Waals surface area (Å²) in [6.07, 6.45) is -0.138. The van der Waals surface area contributed by atoms with Crippen molar-refractivity contribution in [3.05, 3.63) is 16.0 Å². The predicted molar refractivity (Wildman–Crippen MR) is 45.2 cm³/mol. The van der Waals surface area contributed by atoms with Gasteiger partial charge in [0, 0.05) is 6.42 Å². The van der Waals surface area contributed by atoms with Gasteiger partial charge in [-0.1, -0.05) is 5.10 Å². The van der Waals surface area contributed by atoms with Crippen LogP contribution in [0.15, 0.2) is 4.79 Å². The molecule has 9 nitrogen and oxygen atoms in total. The third kappa shape index (κ3) is 1.66. The van der Waals surface area contributed by atoms with Crippen molar-refractivity contribution in [2.75, 3.05) is 0 Å². The molecule has 0 atom stereocenters. The summed E-state index contributed by atoms with van der Waals surface area (Å²) in [7, 11) is 0. The molecule has 0 spiro atoms. The molecular formula is C6H6N6O3. The summed E-state index contributed by atoms with van der Waals surface area (Å²) in [4.78, 5) is 21.9. The zero-order valence-corrected chi connectivity index (χ0v) is 7.41. The van der Waals surface area contributed by atoms with Gasteiger partial charge in [0.2, 0.25) is 0 Å². The average molecular weight is 210 g/mol. The smallest absolute Gasteiger partial charge is 0.303 e. The number of carbonyl (C=O) groups is 1. The third-order valence-corrected chi connectivity index (χ3v) is 1.77. The van der Waals surface area contributed by atoms with Crippen LogP contribution in [0.1, 0.15) is 12.1 Å². The molecule has 0 radical (unpaired) electrons. The highest BCUT2D eigenvalue weighted by atomic mass is 16.4. The number of hydrogen-bond acceptors (Lipinski definition) is 6. The topological polar surface area (TPSA) is 126 Å². The predicted octanol–water partition coefficient (Wildman–Crippen LogP) is -1.78. The summed E-state index contributed by atoms with van der Waals surface area (Å²) in [6, 6.07) is 0. The summed E-state index contributed by atoms with van der Waals surface area (Å²) < 4.78 is 1.00. The lowest BCUT2D eigenvalue weighted by molar-refractivity contribution is -0.136. The molecule has 0 aliphatic heterocycles. The van der Waals surface area contributed by atoms with E-state index in [-0.39, 0.29) is 24.3 Å². The molecule has 0 bridgehead atoms. The van der Waals surface area contributed by atoms with E-state index in [1.54, 1.807) is 0 Å². The summed E-state index contributed by atoms with van der Waals surface area (Å²) in [5, 5.41) is 24.8. The quantitative estimate of drug-likeness (QED) is 0.613. The van der Waals surface area contributed by atoms with Gasteiger partial charge in [-0.25, -0.2) is 0 Å². The van der Waals surface area contributed by atoms with E-state index < -0.39 is 11.5 Å². The molecule has 0 saturated carbocycles. The van der Waals surface area contributed by atoms with Gasteiger partial charge in [-0.3, -0.25) is 9.59 Å². The monoisotopic (exact) mass is 210 g/mol. The van der Waals surface area contributed by atoms with E-state index in [1.165, 1.54) is 0 Å². The van der Waals surface area contributed by atoms with Crippen LogP contribution in [0, 0.1) is 0 Å². The molecule has 9 heteroatoms. The minimum absolute atomic E-state index is 0.0309. The average Bonchev–Trinajstić information content (AvgIpc) is 2.65. The number of fused-ring (bicyclic) bond motifs is 1. The first-order valence-electron chi connectivity index (χ1n) is 4.05. The van der Waals surface area contributed by atoms with Gasteiger partial charge in [-0.15, -0.1) is 10.2 Å². The first kappa shape index (κ1) is 9.24. The minimum atomic E-state index is -0.996. The van der Waals surface area contributed by atoms with Crippen LogP contribution in [0.5, 0.6) is 0 Å². The highest BCUT2D eigenvalue weighted by Crippen LogP contribution is 1.92. The van der Waals surface area contributed by atoms with Crippen LogP contribution in [0.2, 0.25) is 0 Å². The molecule has 0 unspecified atom stereocenters. The molecule has 2 aromatic rings. The Labute approximate surface area is 81.7 Å². The van der Waals surface area contributed by atoms with Gasteiger partial charge in [-0.2, -0.15) is 9.73 Å². The van der Waals surface area contributed by atoms with E-state index in [9.17, 15) is 9.59 Å². The van der Waals surface area contributed by atoms with E-state index in [0.717, 1.165) is 4.52 Å². The first-order chi connectivity index (χ1) is 7.18. The molecule has 0 amide bonds. The molecule has 2 aromatic heterocycles. The van der Waals surface area contributed by atoms with E-state index in [1.807, 2.05) is 0 Å². The van der Waals surface area contributed by atoms with E-state index in [0.29, 0.717) is 0 Å². The Morgan fingerprint density at radius 2 is 2.20 bits per heavy atom. The lowest BCUT2D eigenvalue weighted by Gasteiger charge is -1.95. The van der Waals surface area contributed by atoms with Gasteiger partial charge in [0.25, 0.3) is 11.3 Å². The second-order valence-corrected chi connectivity index (χ2v) is 2.78. The van der Waals surface area contributed by atoms with Crippen molar-refractivity contribution >= 4 is 11.7 Å². The molecule has 15 heavy (non-hydrogen) atoms. The Kier molecular flexibility index (Phi) is 2.12. The van der Waals surface area contributed by atoms with Gasteiger partial charge in [0.1, 0.15) is 5.69 Å². The number of rotatable bonds is 3. The molecule has 0 aliphatic rings. The van der Waals surface area contributed by atoms with Crippen LogP contribution in [0.25, 0.3) is 5.78 Å². The van der Waals surface area contributed by atoms with Crippen LogP contribution in [0.3, 0.4) is 0 Å². The van der Waals surface area contributed by atoms with Crippen LogP contribution >= 0.6 is 0 Å². The molecule has 0 fully saturated rings. The lowest BCUT2D eigenvalue weighted by Crippen LogP contribution is -2.22. The van der Waals surface area contributed by atoms with Gasteiger partial charge >= 0.3 is 5.97 Å². The number of aliphatic carboxylic acids is 1. The van der Waals surface area contributed by atoms with Crippen molar-refractivity contribution < 1.29 is 9.90 Å². The Balaban J connectivity index is 2.40. The second-order valence-electron chi connectivity index (χ2n) is 2.78. The number of carboxylic acid groups (broad SMARTS) is 1. The molecule has 0 saturated heterocycles. The summed E-state index contributed by atoms with van der Waals surface area (Å²) in [6.45, 7) is 0. The molecule has 2 heterocycles. The third-order valence-electron chi connectivity index (χ3n) is 1.77. The molecule has 0 aliphatic carbocycles. The van der Waals surface area contributed by atoms with Crippen molar-refractivity contribution in [1.29, 1.82) is 0 Å². The highest BCUT2D eigenvalue weighted by molar-refractivity contribution is 5.66.